The minimum Gasteiger partial charge on any atom is -0.479 e. The highest BCUT2D eigenvalue weighted by Crippen LogP contribution is 2.22. The Hall–Kier alpha value is -1.73. The summed E-state index contributed by atoms with van der Waals surface area (Å²) in [5.74, 6) is -2.52. The predicted octanol–water partition coefficient (Wildman–Crippen LogP) is 1.95. The normalized spacial score (nSPS) is 13.3. The predicted molar refractivity (Wildman–Crippen MR) is 77.7 cm³/mol. The van der Waals surface area contributed by atoms with E-state index in [1.54, 1.807) is 13.8 Å². The van der Waals surface area contributed by atoms with Gasteiger partial charge in [-0.3, -0.25) is 4.79 Å². The fraction of sp³-hybridized carbons (Fsp3) is 0.357. The van der Waals surface area contributed by atoms with E-state index in [1.165, 1.54) is 18.2 Å². The van der Waals surface area contributed by atoms with Crippen LogP contribution >= 0.6 is 15.9 Å². The fourth-order valence-corrected chi connectivity index (χ4v) is 1.93. The number of carboxylic acid groups (broad SMARTS) is 1. The molecule has 1 rings (SSSR count). The molecule has 2 atom stereocenters. The average Bonchev–Trinajstić information content (AvgIpc) is 2.44. The van der Waals surface area contributed by atoms with Gasteiger partial charge in [0.2, 0.25) is 0 Å². The first-order valence-corrected chi connectivity index (χ1v) is 7.11. The molecule has 1 aromatic rings. The number of carbonyl (C=O) groups excluding carboxylic acids is 2. The number of carboxylic acids is 1. The molecule has 0 aromatic heterocycles. The molecular weight excluding hydrogens is 344 g/mol. The molecule has 6 nitrogen and oxygen atoms in total. The van der Waals surface area contributed by atoms with Crippen molar-refractivity contribution in [1.29, 1.82) is 0 Å². The highest BCUT2D eigenvalue weighted by atomic mass is 79.9. The van der Waals surface area contributed by atoms with E-state index in [-0.39, 0.29) is 23.3 Å². The zero-order valence-corrected chi connectivity index (χ0v) is 13.1. The third-order valence-electron chi connectivity index (χ3n) is 2.72. The van der Waals surface area contributed by atoms with E-state index in [1.807, 2.05) is 0 Å². The van der Waals surface area contributed by atoms with Crippen molar-refractivity contribution in [2.75, 3.05) is 6.61 Å². The Balaban J connectivity index is 3.36. The molecule has 0 fully saturated rings. The molecular formula is C14H15BrO6. The van der Waals surface area contributed by atoms with Crippen LogP contribution < -0.4 is 0 Å². The molecule has 0 aliphatic carbocycles. The fourth-order valence-electron chi connectivity index (χ4n) is 1.68. The van der Waals surface area contributed by atoms with Crippen LogP contribution in [0.2, 0.25) is 0 Å². The van der Waals surface area contributed by atoms with Crippen LogP contribution in [-0.2, 0) is 9.53 Å². The molecule has 7 heteroatoms. The molecule has 2 unspecified atom stereocenters. The van der Waals surface area contributed by atoms with Crippen molar-refractivity contribution in [3.8, 4) is 0 Å². The van der Waals surface area contributed by atoms with Gasteiger partial charge in [-0.2, -0.15) is 0 Å². The number of aliphatic carboxylic acids is 1. The van der Waals surface area contributed by atoms with Crippen LogP contribution in [0.1, 0.15) is 46.2 Å². The molecule has 0 radical (unpaired) electrons. The zero-order valence-electron chi connectivity index (χ0n) is 11.5. The molecule has 1 aromatic carbocycles. The summed E-state index contributed by atoms with van der Waals surface area (Å²) in [5.41, 5.74) is 0.0668. The topological polar surface area (TPSA) is 101 Å². The summed E-state index contributed by atoms with van der Waals surface area (Å²) in [6, 6.07) is 3.76. The van der Waals surface area contributed by atoms with Crippen molar-refractivity contribution in [2.45, 2.75) is 24.8 Å². The lowest BCUT2D eigenvalue weighted by molar-refractivity contribution is -0.146. The van der Waals surface area contributed by atoms with Gasteiger partial charge in [0, 0.05) is 5.56 Å². The number of carbonyl (C=O) groups is 3. The lowest BCUT2D eigenvalue weighted by Gasteiger charge is -2.13. The number of esters is 1. The molecule has 2 N–H and O–H groups in total. The summed E-state index contributed by atoms with van der Waals surface area (Å²) >= 11 is 3.11. The van der Waals surface area contributed by atoms with Gasteiger partial charge < -0.3 is 14.9 Å². The number of hydrogen-bond donors (Lipinski definition) is 2. The Kier molecular flexibility index (Phi) is 6.04. The smallest absolute Gasteiger partial charge is 0.338 e. The highest BCUT2D eigenvalue weighted by molar-refractivity contribution is 9.10. The first kappa shape index (κ1) is 17.3. The van der Waals surface area contributed by atoms with Gasteiger partial charge in [0.25, 0.3) is 0 Å². The lowest BCUT2D eigenvalue weighted by Crippen LogP contribution is -2.19. The number of ether oxygens (including phenoxy) is 1. The van der Waals surface area contributed by atoms with Crippen LogP contribution in [0.3, 0.4) is 0 Å². The van der Waals surface area contributed by atoms with Crippen molar-refractivity contribution in [3.05, 3.63) is 34.9 Å². The molecule has 0 spiro atoms. The molecule has 0 heterocycles. The number of Topliss-reactive ketones (excluding diaryl/α,β-unsaturated/α-hetero) is 1. The Labute approximate surface area is 129 Å². The van der Waals surface area contributed by atoms with E-state index in [2.05, 4.69) is 15.9 Å². The Morgan fingerprint density at radius 1 is 1.29 bits per heavy atom. The van der Waals surface area contributed by atoms with Crippen molar-refractivity contribution in [2.24, 2.45) is 0 Å². The van der Waals surface area contributed by atoms with Crippen LogP contribution in [0.4, 0.5) is 0 Å². The molecule has 0 saturated carbocycles. The van der Waals surface area contributed by atoms with Crippen molar-refractivity contribution in [3.63, 3.8) is 0 Å². The zero-order chi connectivity index (χ0) is 16.2. The van der Waals surface area contributed by atoms with Gasteiger partial charge in [-0.25, -0.2) is 9.59 Å². The maximum Gasteiger partial charge on any atom is 0.338 e. The van der Waals surface area contributed by atoms with E-state index in [0.717, 1.165) is 0 Å². The first-order chi connectivity index (χ1) is 9.79. The Morgan fingerprint density at radius 2 is 1.90 bits per heavy atom. The Bertz CT molecular complexity index is 567. The van der Waals surface area contributed by atoms with E-state index in [0.29, 0.717) is 0 Å². The van der Waals surface area contributed by atoms with Crippen molar-refractivity contribution < 1.29 is 29.3 Å². The highest BCUT2D eigenvalue weighted by Gasteiger charge is 2.24. The van der Waals surface area contributed by atoms with Gasteiger partial charge in [0.1, 0.15) is 0 Å². The van der Waals surface area contributed by atoms with Gasteiger partial charge in [-0.1, -0.05) is 22.0 Å². The van der Waals surface area contributed by atoms with Crippen LogP contribution in [-0.4, -0.2) is 39.4 Å². The second-order valence-electron chi connectivity index (χ2n) is 4.25. The maximum absolute atomic E-state index is 12.1. The second kappa shape index (κ2) is 7.33. The molecule has 21 heavy (non-hydrogen) atoms. The number of rotatable bonds is 6. The number of benzene rings is 1. The van der Waals surface area contributed by atoms with Gasteiger partial charge in [0.15, 0.2) is 11.9 Å². The molecule has 0 aliphatic rings. The van der Waals surface area contributed by atoms with Gasteiger partial charge in [0.05, 0.1) is 17.0 Å². The molecule has 0 amide bonds. The number of hydrogen-bond acceptors (Lipinski definition) is 5. The minimum absolute atomic E-state index is 0.00984. The van der Waals surface area contributed by atoms with E-state index >= 15 is 0 Å². The van der Waals surface area contributed by atoms with Crippen LogP contribution in [0.15, 0.2) is 18.2 Å². The van der Waals surface area contributed by atoms with E-state index in [9.17, 15) is 19.5 Å². The van der Waals surface area contributed by atoms with Crippen LogP contribution in [0.5, 0.6) is 0 Å². The Morgan fingerprint density at radius 3 is 2.38 bits per heavy atom. The monoisotopic (exact) mass is 358 g/mol. The third-order valence-corrected chi connectivity index (χ3v) is 3.13. The summed E-state index contributed by atoms with van der Waals surface area (Å²) in [7, 11) is 0. The van der Waals surface area contributed by atoms with E-state index in [4.69, 9.17) is 9.84 Å². The maximum atomic E-state index is 12.1. The third kappa shape index (κ3) is 4.12. The molecule has 0 saturated heterocycles. The van der Waals surface area contributed by atoms with Crippen molar-refractivity contribution in [1.82, 2.24) is 0 Å². The molecule has 0 aliphatic heterocycles. The average molecular weight is 359 g/mol. The largest absolute Gasteiger partial charge is 0.479 e. The number of aliphatic hydroxyl groups is 1. The SMILES string of the molecule is CCOC(=O)c1ccc(C(O)C(=O)O)cc1C(=O)C(C)Br. The number of alkyl halides is 1. The molecule has 114 valence electrons. The van der Waals surface area contributed by atoms with Gasteiger partial charge in [-0.15, -0.1) is 0 Å². The number of ketones is 1. The van der Waals surface area contributed by atoms with Gasteiger partial charge >= 0.3 is 11.9 Å². The van der Waals surface area contributed by atoms with E-state index < -0.39 is 28.7 Å². The molecule has 0 bridgehead atoms. The minimum atomic E-state index is -1.77. The lowest BCUT2D eigenvalue weighted by atomic mass is 9.97. The van der Waals surface area contributed by atoms with Crippen molar-refractivity contribution >= 4 is 33.7 Å². The number of halogens is 1. The van der Waals surface area contributed by atoms with Gasteiger partial charge in [-0.05, 0) is 31.5 Å². The van der Waals surface area contributed by atoms with Crippen LogP contribution in [0.25, 0.3) is 0 Å². The van der Waals surface area contributed by atoms with Crippen LogP contribution in [0, 0.1) is 0 Å². The summed E-state index contributed by atoms with van der Waals surface area (Å²) in [6.45, 7) is 3.36. The first-order valence-electron chi connectivity index (χ1n) is 6.19. The second-order valence-corrected chi connectivity index (χ2v) is 5.62. The summed E-state index contributed by atoms with van der Waals surface area (Å²) in [4.78, 5) is 34.2. The quantitative estimate of drug-likeness (QED) is 0.457. The summed E-state index contributed by atoms with van der Waals surface area (Å²) in [5, 5.41) is 18.3. The number of aliphatic hydroxyl groups excluding tert-OH is 1. The summed E-state index contributed by atoms with van der Waals surface area (Å²) < 4.78 is 4.86. The standard InChI is InChI=1S/C14H15BrO6/c1-3-21-14(20)9-5-4-8(12(17)13(18)19)6-10(9)11(16)7(2)15/h4-7,12,17H,3H2,1-2H3,(H,18,19). The summed E-state index contributed by atoms with van der Waals surface area (Å²) in [6.07, 6.45) is -1.77.